The van der Waals surface area contributed by atoms with Gasteiger partial charge >= 0.3 is 0 Å². The summed E-state index contributed by atoms with van der Waals surface area (Å²) in [5.74, 6) is 0. The van der Waals surface area contributed by atoms with Gasteiger partial charge in [-0.1, -0.05) is 0 Å². The fourth-order valence-electron chi connectivity index (χ4n) is 1.84. The van der Waals surface area contributed by atoms with Crippen molar-refractivity contribution in [3.63, 3.8) is 0 Å². The van der Waals surface area contributed by atoms with Gasteiger partial charge in [0.15, 0.2) is 6.23 Å². The van der Waals surface area contributed by atoms with Crippen molar-refractivity contribution in [1.29, 1.82) is 0 Å². The molecule has 12 heavy (non-hydrogen) atoms. The van der Waals surface area contributed by atoms with Crippen LogP contribution in [-0.4, -0.2) is 37.0 Å². The van der Waals surface area contributed by atoms with Crippen LogP contribution >= 0.6 is 0 Å². The average molecular weight is 174 g/mol. The molecule has 1 unspecified atom stereocenters. The van der Waals surface area contributed by atoms with E-state index in [1.807, 2.05) is 0 Å². The second-order valence-corrected chi connectivity index (χ2v) is 3.22. The molecular formula is C10H24NO+. The Labute approximate surface area is 77.1 Å². The summed E-state index contributed by atoms with van der Waals surface area (Å²) in [6.07, 6.45) is 0.343. The molecule has 0 bridgehead atoms. The quantitative estimate of drug-likeness (QED) is 0.443. The van der Waals surface area contributed by atoms with Gasteiger partial charge in [0, 0.05) is 6.92 Å². The van der Waals surface area contributed by atoms with Crippen molar-refractivity contribution in [2.24, 2.45) is 0 Å². The minimum absolute atomic E-state index is 0.343. The Morgan fingerprint density at radius 2 is 1.42 bits per heavy atom. The van der Waals surface area contributed by atoms with E-state index in [0.717, 1.165) is 30.7 Å². The Morgan fingerprint density at radius 3 is 1.67 bits per heavy atom. The highest BCUT2D eigenvalue weighted by atomic mass is 16.5. The van der Waals surface area contributed by atoms with Gasteiger partial charge in [-0.2, -0.15) is 0 Å². The van der Waals surface area contributed by atoms with E-state index in [9.17, 15) is 0 Å². The van der Waals surface area contributed by atoms with Crippen molar-refractivity contribution in [2.75, 3.05) is 26.2 Å². The van der Waals surface area contributed by atoms with Crippen LogP contribution in [0, 0.1) is 0 Å². The molecule has 1 atom stereocenters. The van der Waals surface area contributed by atoms with Gasteiger partial charge in [-0.25, -0.2) is 0 Å². The normalized spacial score (nSPS) is 14.8. The number of hydrogen-bond acceptors (Lipinski definition) is 1. The molecule has 0 saturated carbocycles. The summed E-state index contributed by atoms with van der Waals surface area (Å²) in [6.45, 7) is 15.3. The van der Waals surface area contributed by atoms with Crippen LogP contribution < -0.4 is 0 Å². The topological polar surface area (TPSA) is 9.23 Å². The van der Waals surface area contributed by atoms with Crippen LogP contribution in [0.5, 0.6) is 0 Å². The first-order chi connectivity index (χ1) is 5.66. The molecular weight excluding hydrogens is 150 g/mol. The lowest BCUT2D eigenvalue weighted by molar-refractivity contribution is -0.965. The molecule has 0 aliphatic rings. The minimum Gasteiger partial charge on any atom is -0.330 e. The summed E-state index contributed by atoms with van der Waals surface area (Å²) in [4.78, 5) is 0. The minimum atomic E-state index is 0.343. The first-order valence-corrected chi connectivity index (χ1v) is 5.14. The van der Waals surface area contributed by atoms with E-state index in [4.69, 9.17) is 4.74 Å². The Morgan fingerprint density at radius 1 is 1.00 bits per heavy atom. The molecule has 0 rings (SSSR count). The van der Waals surface area contributed by atoms with E-state index in [1.54, 1.807) is 0 Å². The molecule has 0 aliphatic carbocycles. The van der Waals surface area contributed by atoms with Gasteiger partial charge in [-0.3, -0.25) is 4.48 Å². The van der Waals surface area contributed by atoms with Crippen molar-refractivity contribution in [3.8, 4) is 0 Å². The van der Waals surface area contributed by atoms with Crippen molar-refractivity contribution in [1.82, 2.24) is 0 Å². The monoisotopic (exact) mass is 174 g/mol. The molecule has 0 aromatic carbocycles. The zero-order valence-corrected chi connectivity index (χ0v) is 9.26. The fourth-order valence-corrected chi connectivity index (χ4v) is 1.84. The van der Waals surface area contributed by atoms with Crippen molar-refractivity contribution >= 4 is 0 Å². The SMILES string of the molecule is CCOC(C)[N+](CC)(CC)CC. The van der Waals surface area contributed by atoms with E-state index in [2.05, 4.69) is 34.6 Å². The summed E-state index contributed by atoms with van der Waals surface area (Å²) >= 11 is 0. The number of ether oxygens (including phenoxy) is 1. The van der Waals surface area contributed by atoms with Gasteiger partial charge in [0.25, 0.3) is 0 Å². The van der Waals surface area contributed by atoms with Crippen molar-refractivity contribution in [2.45, 2.75) is 40.8 Å². The van der Waals surface area contributed by atoms with Gasteiger partial charge in [0.05, 0.1) is 26.2 Å². The number of quaternary nitrogens is 1. The molecule has 0 aromatic heterocycles. The highest BCUT2D eigenvalue weighted by Gasteiger charge is 2.28. The van der Waals surface area contributed by atoms with E-state index in [1.165, 1.54) is 0 Å². The second kappa shape index (κ2) is 5.55. The van der Waals surface area contributed by atoms with Crippen LogP contribution in [0.1, 0.15) is 34.6 Å². The molecule has 0 amide bonds. The van der Waals surface area contributed by atoms with Gasteiger partial charge < -0.3 is 4.74 Å². The maximum Gasteiger partial charge on any atom is 0.190 e. The van der Waals surface area contributed by atoms with E-state index < -0.39 is 0 Å². The highest BCUT2D eigenvalue weighted by Crippen LogP contribution is 2.13. The zero-order chi connectivity index (χ0) is 9.61. The fraction of sp³-hybridized carbons (Fsp3) is 1.00. The van der Waals surface area contributed by atoms with Gasteiger partial charge in [0.1, 0.15) is 0 Å². The third-order valence-electron chi connectivity index (χ3n) is 3.07. The molecule has 2 heteroatoms. The average Bonchev–Trinajstić information content (AvgIpc) is 2.09. The molecule has 0 saturated heterocycles. The predicted octanol–water partition coefficient (Wildman–Crippen LogP) is 2.25. The summed E-state index contributed by atoms with van der Waals surface area (Å²) in [5.41, 5.74) is 0. The van der Waals surface area contributed by atoms with Crippen LogP contribution in [0.25, 0.3) is 0 Å². The molecule has 74 valence electrons. The molecule has 0 radical (unpaired) electrons. The van der Waals surface area contributed by atoms with Crippen LogP contribution in [0.2, 0.25) is 0 Å². The molecule has 0 aliphatic heterocycles. The third-order valence-corrected chi connectivity index (χ3v) is 3.07. The highest BCUT2D eigenvalue weighted by molar-refractivity contribution is 4.39. The molecule has 0 fully saturated rings. The summed E-state index contributed by atoms with van der Waals surface area (Å²) < 4.78 is 6.73. The lowest BCUT2D eigenvalue weighted by Crippen LogP contribution is -2.54. The number of nitrogens with zero attached hydrogens (tertiary/aromatic N) is 1. The first-order valence-electron chi connectivity index (χ1n) is 5.14. The molecule has 0 N–H and O–H groups in total. The van der Waals surface area contributed by atoms with Crippen LogP contribution in [0.4, 0.5) is 0 Å². The maximum atomic E-state index is 5.65. The van der Waals surface area contributed by atoms with Gasteiger partial charge in [-0.15, -0.1) is 0 Å². The Hall–Kier alpha value is -0.0800. The number of rotatable bonds is 6. The lowest BCUT2D eigenvalue weighted by Gasteiger charge is -2.40. The molecule has 2 nitrogen and oxygen atoms in total. The predicted molar refractivity (Wildman–Crippen MR) is 53.0 cm³/mol. The van der Waals surface area contributed by atoms with Crippen LogP contribution in [0.15, 0.2) is 0 Å². The summed E-state index contributed by atoms with van der Waals surface area (Å²) in [7, 11) is 0. The van der Waals surface area contributed by atoms with E-state index in [-0.39, 0.29) is 0 Å². The largest absolute Gasteiger partial charge is 0.330 e. The Kier molecular flexibility index (Phi) is 5.51. The second-order valence-electron chi connectivity index (χ2n) is 3.22. The smallest absolute Gasteiger partial charge is 0.190 e. The van der Waals surface area contributed by atoms with Crippen LogP contribution in [-0.2, 0) is 4.74 Å². The summed E-state index contributed by atoms with van der Waals surface area (Å²) in [6, 6.07) is 0. The number of hydrogen-bond donors (Lipinski definition) is 0. The molecule has 0 spiro atoms. The van der Waals surface area contributed by atoms with E-state index in [0.29, 0.717) is 6.23 Å². The van der Waals surface area contributed by atoms with Crippen molar-refractivity contribution in [3.05, 3.63) is 0 Å². The maximum absolute atomic E-state index is 5.65. The standard InChI is InChI=1S/C10H24NO/c1-6-11(7-2,8-3)10(5)12-9-4/h10H,6-9H2,1-5H3/q+1. The summed E-state index contributed by atoms with van der Waals surface area (Å²) in [5, 5.41) is 0. The zero-order valence-electron chi connectivity index (χ0n) is 9.26. The lowest BCUT2D eigenvalue weighted by atomic mass is 10.3. The first kappa shape index (κ1) is 11.9. The van der Waals surface area contributed by atoms with E-state index >= 15 is 0 Å². The molecule has 0 heterocycles. The van der Waals surface area contributed by atoms with Gasteiger partial charge in [0.2, 0.25) is 0 Å². The third kappa shape index (κ3) is 2.46. The Bertz CT molecular complexity index is 102. The van der Waals surface area contributed by atoms with Gasteiger partial charge in [-0.05, 0) is 27.7 Å². The molecule has 0 aromatic rings. The van der Waals surface area contributed by atoms with Crippen LogP contribution in [0.3, 0.4) is 0 Å². The van der Waals surface area contributed by atoms with Crippen molar-refractivity contribution < 1.29 is 9.22 Å². The Balaban J connectivity index is 4.24.